The number of aromatic nitrogens is 3. The maximum atomic E-state index is 11.9. The summed E-state index contributed by atoms with van der Waals surface area (Å²) in [6.07, 6.45) is 9.87. The highest BCUT2D eigenvalue weighted by atomic mass is 31.1. The zero-order valence-electron chi connectivity index (χ0n) is 11.0. The molecule has 0 amide bonds. The molecule has 102 valence electrons. The van der Waals surface area contributed by atoms with Crippen LogP contribution in [0.5, 0.6) is 0 Å². The fraction of sp³-hybridized carbons (Fsp3) is 0.0714. The molecule has 3 rings (SSSR count). The van der Waals surface area contributed by atoms with Gasteiger partial charge in [0.2, 0.25) is 8.37 Å². The highest BCUT2D eigenvalue weighted by Crippen LogP contribution is 2.42. The Labute approximate surface area is 117 Å². The fourth-order valence-corrected chi connectivity index (χ4v) is 4.03. The van der Waals surface area contributed by atoms with Crippen molar-refractivity contribution in [3.8, 4) is 0 Å². The number of esters is 1. The summed E-state index contributed by atoms with van der Waals surface area (Å²) in [5, 5.41) is 0. The van der Waals surface area contributed by atoms with E-state index in [4.69, 9.17) is 4.74 Å². The van der Waals surface area contributed by atoms with Gasteiger partial charge < -0.3 is 4.74 Å². The third-order valence-electron chi connectivity index (χ3n) is 2.91. The molecule has 5 nitrogen and oxygen atoms in total. The van der Waals surface area contributed by atoms with Gasteiger partial charge in [0, 0.05) is 31.0 Å². The molecule has 0 aromatic carbocycles. The van der Waals surface area contributed by atoms with Crippen LogP contribution in [0.4, 0.5) is 0 Å². The van der Waals surface area contributed by atoms with Crippen LogP contribution in [0.25, 0.3) is 0 Å². The lowest BCUT2D eigenvalue weighted by Gasteiger charge is -2.22. The second kappa shape index (κ2) is 5.39. The Hall–Kier alpha value is -2.26. The lowest BCUT2D eigenvalue weighted by molar-refractivity contribution is 0.0593. The van der Waals surface area contributed by atoms with Crippen LogP contribution in [0.1, 0.15) is 10.5 Å². The summed E-state index contributed by atoms with van der Waals surface area (Å²) in [5.41, 5.74) is 0.543. The van der Waals surface area contributed by atoms with Crippen LogP contribution in [-0.2, 0) is 4.74 Å². The first-order valence-corrected chi connectivity index (χ1v) is 7.34. The molecule has 6 heteroatoms. The molecule has 0 fully saturated rings. The standard InChI is InChI=1S/C14H14N3O2P/c1-19-14(18)13-7-6-12-17(13)20(15-8-2-3-9-15)16-10-4-5-11-16/h2-12H,1H3. The fourth-order valence-electron chi connectivity index (χ4n) is 2.03. The Morgan fingerprint density at radius 2 is 1.50 bits per heavy atom. The molecule has 20 heavy (non-hydrogen) atoms. The number of ether oxygens (including phenoxy) is 1. The van der Waals surface area contributed by atoms with Gasteiger partial charge in [-0.05, 0) is 36.4 Å². The van der Waals surface area contributed by atoms with Crippen molar-refractivity contribution in [2.24, 2.45) is 0 Å². The van der Waals surface area contributed by atoms with Crippen molar-refractivity contribution in [2.75, 3.05) is 7.11 Å². The smallest absolute Gasteiger partial charge is 0.355 e. The number of hydrogen-bond acceptors (Lipinski definition) is 2. The van der Waals surface area contributed by atoms with E-state index in [0.29, 0.717) is 5.69 Å². The van der Waals surface area contributed by atoms with Gasteiger partial charge in [0.15, 0.2) is 0 Å². The Bertz CT molecular complexity index is 652. The van der Waals surface area contributed by atoms with E-state index in [0.717, 1.165) is 0 Å². The predicted octanol–water partition coefficient (Wildman–Crippen LogP) is 3.05. The maximum absolute atomic E-state index is 11.9. The van der Waals surface area contributed by atoms with Crippen LogP contribution in [0.15, 0.2) is 67.4 Å². The predicted molar refractivity (Wildman–Crippen MR) is 77.7 cm³/mol. The monoisotopic (exact) mass is 287 g/mol. The summed E-state index contributed by atoms with van der Waals surface area (Å²) in [4.78, 5) is 11.9. The Morgan fingerprint density at radius 3 is 2.00 bits per heavy atom. The molecule has 0 aliphatic carbocycles. The van der Waals surface area contributed by atoms with Crippen molar-refractivity contribution in [1.82, 2.24) is 13.0 Å². The highest BCUT2D eigenvalue weighted by Gasteiger charge is 2.21. The minimum absolute atomic E-state index is 0.332. The van der Waals surface area contributed by atoms with Gasteiger partial charge in [-0.15, -0.1) is 0 Å². The van der Waals surface area contributed by atoms with Crippen LogP contribution in [0.2, 0.25) is 0 Å². The Balaban J connectivity index is 2.12. The Kier molecular flexibility index (Phi) is 3.44. The first kappa shape index (κ1) is 12.8. The van der Waals surface area contributed by atoms with Gasteiger partial charge in [0.1, 0.15) is 5.69 Å². The molecule has 3 heterocycles. The molecule has 0 saturated carbocycles. The van der Waals surface area contributed by atoms with Crippen molar-refractivity contribution in [2.45, 2.75) is 0 Å². The van der Waals surface area contributed by atoms with Crippen LogP contribution < -0.4 is 0 Å². The third-order valence-corrected chi connectivity index (χ3v) is 5.00. The van der Waals surface area contributed by atoms with Crippen LogP contribution >= 0.6 is 8.37 Å². The Morgan fingerprint density at radius 1 is 0.950 bits per heavy atom. The summed E-state index contributed by atoms with van der Waals surface area (Å²) in [7, 11) is 0.451. The van der Waals surface area contributed by atoms with Crippen LogP contribution in [0, 0.1) is 0 Å². The van der Waals surface area contributed by atoms with Crippen LogP contribution in [-0.4, -0.2) is 26.1 Å². The van der Waals surface area contributed by atoms with Crippen molar-refractivity contribution in [3.63, 3.8) is 0 Å². The first-order chi connectivity index (χ1) is 9.81. The summed E-state index contributed by atoms with van der Waals surface area (Å²) >= 11 is 0. The van der Waals surface area contributed by atoms with E-state index >= 15 is 0 Å². The van der Waals surface area contributed by atoms with Gasteiger partial charge in [0.25, 0.3) is 0 Å². The van der Waals surface area contributed by atoms with Crippen LogP contribution in [0.3, 0.4) is 0 Å². The quantitative estimate of drug-likeness (QED) is 0.546. The number of carbonyl (C=O) groups is 1. The van der Waals surface area contributed by atoms with Gasteiger partial charge in [-0.1, -0.05) is 0 Å². The topological polar surface area (TPSA) is 41.1 Å². The maximum Gasteiger partial charge on any atom is 0.355 e. The van der Waals surface area contributed by atoms with E-state index in [-0.39, 0.29) is 5.97 Å². The molecule has 0 aliphatic rings. The molecule has 0 atom stereocenters. The highest BCUT2D eigenvalue weighted by molar-refractivity contribution is 7.52. The zero-order chi connectivity index (χ0) is 13.9. The minimum Gasteiger partial charge on any atom is -0.464 e. The molecule has 3 aromatic heterocycles. The summed E-state index contributed by atoms with van der Waals surface area (Å²) in [5.74, 6) is -0.332. The van der Waals surface area contributed by atoms with Gasteiger partial charge in [0.05, 0.1) is 7.11 Å². The molecule has 0 radical (unpaired) electrons. The van der Waals surface area contributed by atoms with E-state index in [1.807, 2.05) is 65.7 Å². The SMILES string of the molecule is COC(=O)c1cccn1P(n1cccc1)n1cccc1. The van der Waals surface area contributed by atoms with E-state index in [2.05, 4.69) is 8.68 Å². The zero-order valence-corrected chi connectivity index (χ0v) is 11.9. The largest absolute Gasteiger partial charge is 0.464 e. The molecule has 0 bridgehead atoms. The van der Waals surface area contributed by atoms with Crippen molar-refractivity contribution in [3.05, 3.63) is 73.1 Å². The molecule has 0 saturated heterocycles. The normalized spacial score (nSPS) is 10.9. The number of methoxy groups -OCH3 is 1. The van der Waals surface area contributed by atoms with Gasteiger partial charge >= 0.3 is 5.97 Å². The third kappa shape index (κ3) is 2.17. The first-order valence-electron chi connectivity index (χ1n) is 6.14. The number of carbonyl (C=O) groups excluding carboxylic acids is 1. The second-order valence-electron chi connectivity index (χ2n) is 4.12. The average molecular weight is 287 g/mol. The van der Waals surface area contributed by atoms with Gasteiger partial charge in [-0.25, -0.2) is 4.79 Å². The molecular weight excluding hydrogens is 273 g/mol. The molecular formula is C14H14N3O2P. The van der Waals surface area contributed by atoms with E-state index in [1.165, 1.54) is 7.11 Å². The average Bonchev–Trinajstić information content (AvgIpc) is 3.21. The summed E-state index contributed by atoms with van der Waals surface area (Å²) in [6, 6.07) is 11.5. The minimum atomic E-state index is -0.945. The van der Waals surface area contributed by atoms with Crippen molar-refractivity contribution >= 4 is 14.3 Å². The molecule has 0 spiro atoms. The molecule has 3 aromatic rings. The van der Waals surface area contributed by atoms with Gasteiger partial charge in [-0.2, -0.15) is 0 Å². The molecule has 0 unspecified atom stereocenters. The number of nitrogens with zero attached hydrogens (tertiary/aromatic N) is 3. The van der Waals surface area contributed by atoms with E-state index in [1.54, 1.807) is 6.07 Å². The number of hydrogen-bond donors (Lipinski definition) is 0. The summed E-state index contributed by atoms with van der Waals surface area (Å²) in [6.45, 7) is 0. The number of rotatable bonds is 4. The second-order valence-corrected chi connectivity index (χ2v) is 6.02. The van der Waals surface area contributed by atoms with Gasteiger partial charge in [-0.3, -0.25) is 13.0 Å². The lowest BCUT2D eigenvalue weighted by Crippen LogP contribution is -2.12. The van der Waals surface area contributed by atoms with E-state index < -0.39 is 8.37 Å². The van der Waals surface area contributed by atoms with E-state index in [9.17, 15) is 4.79 Å². The summed E-state index contributed by atoms with van der Waals surface area (Å²) < 4.78 is 11.0. The lowest BCUT2D eigenvalue weighted by atomic mass is 10.4. The van der Waals surface area contributed by atoms with Crippen molar-refractivity contribution < 1.29 is 9.53 Å². The molecule has 0 N–H and O–H groups in total. The molecule has 0 aliphatic heterocycles. The van der Waals surface area contributed by atoms with Crippen molar-refractivity contribution in [1.29, 1.82) is 0 Å².